The van der Waals surface area contributed by atoms with Crippen molar-refractivity contribution < 1.29 is 20.4 Å². The van der Waals surface area contributed by atoms with Gasteiger partial charge in [-0.15, -0.1) is 12.4 Å². The maximum Gasteiger partial charge on any atom is 1.00 e. The zero-order valence-electron chi connectivity index (χ0n) is 26.4. The first-order valence-corrected chi connectivity index (χ1v) is 14.2. The molecule has 0 bridgehead atoms. The minimum atomic E-state index is -0.411. The molecule has 42 heavy (non-hydrogen) atoms. The number of aryl methyl sites for hydroxylation is 3. The third-order valence-corrected chi connectivity index (χ3v) is 6.06. The third kappa shape index (κ3) is 13.2. The number of benzene rings is 4. The van der Waals surface area contributed by atoms with E-state index in [0.29, 0.717) is 13.0 Å². The summed E-state index contributed by atoms with van der Waals surface area (Å²) in [6.45, 7) is 10.5. The maximum atomic E-state index is 11.7. The van der Waals surface area contributed by atoms with Crippen molar-refractivity contribution in [1.29, 1.82) is 0 Å². The number of rotatable bonds is 10. The molecule has 0 aliphatic rings. The van der Waals surface area contributed by atoms with Crippen molar-refractivity contribution in [2.24, 2.45) is 5.73 Å². The Morgan fingerprint density at radius 2 is 1.00 bits per heavy atom. The van der Waals surface area contributed by atoms with Gasteiger partial charge in [-0.2, -0.15) is 0 Å². The summed E-state index contributed by atoms with van der Waals surface area (Å²) in [6.07, 6.45) is 2.99. The van der Waals surface area contributed by atoms with Crippen LogP contribution in [0.1, 0.15) is 57.3 Å². The minimum Gasteiger partial charge on any atom is -0.460 e. The summed E-state index contributed by atoms with van der Waals surface area (Å²) in [5.74, 6) is 3.23. The first-order chi connectivity index (χ1) is 19.6. The molecule has 0 aliphatic heterocycles. The van der Waals surface area contributed by atoms with E-state index in [1.54, 1.807) is 0 Å². The summed E-state index contributed by atoms with van der Waals surface area (Å²) in [5, 5.41) is 0. The molecule has 6 heteroatoms. The van der Waals surface area contributed by atoms with Crippen molar-refractivity contribution in [2.45, 2.75) is 65.9 Å². The monoisotopic (exact) mass is 590 g/mol. The van der Waals surface area contributed by atoms with E-state index in [2.05, 4.69) is 26.0 Å². The van der Waals surface area contributed by atoms with E-state index in [-0.39, 0.29) is 19.8 Å². The lowest BCUT2D eigenvalue weighted by Gasteiger charge is -2.19. The molecule has 0 radical (unpaired) electrons. The molecule has 0 amide bonds. The van der Waals surface area contributed by atoms with Crippen LogP contribution in [0.3, 0.4) is 0 Å². The van der Waals surface area contributed by atoms with Gasteiger partial charge in [-0.1, -0.05) is 59.7 Å². The highest BCUT2D eigenvalue weighted by atomic mass is 35.5. The average molecular weight is 591 g/mol. The summed E-state index contributed by atoms with van der Waals surface area (Å²) < 4.78 is 16.9. The van der Waals surface area contributed by atoms with Crippen LogP contribution in [-0.4, -0.2) is 18.1 Å². The van der Waals surface area contributed by atoms with Gasteiger partial charge in [0.25, 0.3) is 0 Å². The lowest BCUT2D eigenvalue weighted by Crippen LogP contribution is -2.23. The normalized spacial score (nSPS) is 10.5. The van der Waals surface area contributed by atoms with Gasteiger partial charge in [-0.3, -0.25) is 4.79 Å². The van der Waals surface area contributed by atoms with E-state index in [1.807, 2.05) is 106 Å². The van der Waals surface area contributed by atoms with Crippen LogP contribution >= 0.6 is 12.4 Å². The molecule has 0 saturated heterocycles. The zero-order chi connectivity index (χ0) is 29.7. The van der Waals surface area contributed by atoms with E-state index >= 15 is 0 Å². The second-order valence-corrected chi connectivity index (χ2v) is 11.1. The van der Waals surface area contributed by atoms with Crippen LogP contribution in [0.25, 0.3) is 0 Å². The number of carbonyl (C=O) groups excluding carboxylic acids is 1. The molecule has 0 aromatic heterocycles. The van der Waals surface area contributed by atoms with Gasteiger partial charge in [-0.05, 0) is 120 Å². The quantitative estimate of drug-likeness (QED) is 0.186. The van der Waals surface area contributed by atoms with Gasteiger partial charge in [0.15, 0.2) is 0 Å². The lowest BCUT2D eigenvalue weighted by atomic mass is 10.1. The van der Waals surface area contributed by atoms with Crippen molar-refractivity contribution in [2.75, 3.05) is 6.54 Å². The Morgan fingerprint density at radius 1 is 0.643 bits per heavy atom. The molecular weight excluding hydrogens is 546 g/mol. The van der Waals surface area contributed by atoms with E-state index in [0.717, 1.165) is 42.3 Å². The second-order valence-electron chi connectivity index (χ2n) is 11.1. The highest BCUT2D eigenvalue weighted by Gasteiger charge is 2.15. The molecule has 2 N–H and O–H groups in total. The van der Waals surface area contributed by atoms with Crippen LogP contribution in [-0.2, 0) is 22.4 Å². The lowest BCUT2D eigenvalue weighted by molar-refractivity contribution is -0.154. The Labute approximate surface area is 258 Å². The fourth-order valence-electron chi connectivity index (χ4n) is 3.93. The summed E-state index contributed by atoms with van der Waals surface area (Å²) in [7, 11) is 0. The zero-order valence-corrected chi connectivity index (χ0v) is 26.2. The fourth-order valence-corrected chi connectivity index (χ4v) is 3.93. The van der Waals surface area contributed by atoms with Gasteiger partial charge in [0.05, 0.1) is 0 Å². The van der Waals surface area contributed by atoms with Gasteiger partial charge in [0, 0.05) is 6.42 Å². The summed E-state index contributed by atoms with van der Waals surface area (Å²) >= 11 is 0. The number of hydrogen-bond donors (Lipinski definition) is 1. The molecule has 4 aromatic carbocycles. The fraction of sp³-hybridized carbons (Fsp3) is 0.306. The Hall–Kier alpha value is -3.80. The number of ether oxygens (including phenoxy) is 3. The number of esters is 1. The van der Waals surface area contributed by atoms with Crippen LogP contribution in [0.5, 0.6) is 23.0 Å². The highest BCUT2D eigenvalue weighted by molar-refractivity contribution is 5.85. The second kappa shape index (κ2) is 17.2. The van der Waals surface area contributed by atoms with Crippen LogP contribution < -0.4 is 15.2 Å². The van der Waals surface area contributed by atoms with E-state index < -0.39 is 5.60 Å². The first kappa shape index (κ1) is 34.4. The molecule has 0 atom stereocenters. The molecular formula is C36H45ClNO4+. The molecule has 224 valence electrons. The van der Waals surface area contributed by atoms with Gasteiger partial charge in [0.2, 0.25) is 0 Å². The van der Waals surface area contributed by atoms with E-state index in [9.17, 15) is 4.79 Å². The summed E-state index contributed by atoms with van der Waals surface area (Å²) in [6, 6.07) is 32.1. The molecule has 0 aliphatic carbocycles. The van der Waals surface area contributed by atoms with Crippen LogP contribution in [0.2, 0.25) is 0 Å². The minimum absolute atomic E-state index is 0. The topological polar surface area (TPSA) is 70.8 Å². The van der Waals surface area contributed by atoms with Crippen LogP contribution in [0.15, 0.2) is 97.1 Å². The van der Waals surface area contributed by atoms with Crippen molar-refractivity contribution in [3.05, 3.63) is 119 Å². The van der Waals surface area contributed by atoms with Crippen molar-refractivity contribution in [3.8, 4) is 23.0 Å². The largest absolute Gasteiger partial charge is 1.00 e. The summed E-state index contributed by atoms with van der Waals surface area (Å²) in [5.41, 5.74) is 9.97. The average Bonchev–Trinajstić information content (AvgIpc) is 2.93. The van der Waals surface area contributed by atoms with Crippen LogP contribution in [0, 0.1) is 13.8 Å². The smallest absolute Gasteiger partial charge is 0.460 e. The predicted molar refractivity (Wildman–Crippen MR) is 175 cm³/mol. The Bertz CT molecular complexity index is 1330. The van der Waals surface area contributed by atoms with Gasteiger partial charge < -0.3 is 19.9 Å². The summed E-state index contributed by atoms with van der Waals surface area (Å²) in [4.78, 5) is 11.7. The Morgan fingerprint density at radius 3 is 1.36 bits per heavy atom. The molecule has 4 aromatic rings. The number of nitrogens with two attached hydrogens (primary N) is 1. The molecule has 4 rings (SSSR count). The molecule has 0 spiro atoms. The van der Waals surface area contributed by atoms with Crippen LogP contribution in [0.4, 0.5) is 0 Å². The van der Waals surface area contributed by atoms with Gasteiger partial charge >= 0.3 is 7.40 Å². The molecule has 0 unspecified atom stereocenters. The van der Waals surface area contributed by atoms with Gasteiger partial charge in [-0.25, -0.2) is 0 Å². The van der Waals surface area contributed by atoms with E-state index in [1.165, 1.54) is 22.3 Å². The van der Waals surface area contributed by atoms with Crippen molar-refractivity contribution >= 4 is 18.4 Å². The SMILES string of the molecule is Cc1ccc(Oc2ccc(CCCC(=O)OC(C)(C)C)cc2)cc1.Cc1ccc(Oc2ccc(CCN)cc2)cc1.Cl.[H+]. The van der Waals surface area contributed by atoms with Gasteiger partial charge in [0.1, 0.15) is 28.6 Å². The number of hydrogen-bond acceptors (Lipinski definition) is 5. The number of carbonyl (C=O) groups is 1. The third-order valence-electron chi connectivity index (χ3n) is 6.06. The highest BCUT2D eigenvalue weighted by Crippen LogP contribution is 2.23. The molecule has 5 nitrogen and oxygen atoms in total. The Kier molecular flexibility index (Phi) is 14.1. The first-order valence-electron chi connectivity index (χ1n) is 14.2. The maximum absolute atomic E-state index is 11.7. The van der Waals surface area contributed by atoms with E-state index in [4.69, 9.17) is 19.9 Å². The Balaban J connectivity index is 0.000000432. The molecule has 0 saturated carbocycles. The number of halogens is 1. The predicted octanol–water partition coefficient (Wildman–Crippen LogP) is 9.27. The van der Waals surface area contributed by atoms with Crippen molar-refractivity contribution in [3.63, 3.8) is 0 Å². The molecule has 0 fully saturated rings. The molecule has 0 heterocycles. The van der Waals surface area contributed by atoms with Crippen molar-refractivity contribution in [1.82, 2.24) is 0 Å². The standard InChI is InChI=1S/C21H26O3.C15H17NO.ClH/c1-16-8-12-18(13-9-16)23-19-14-10-17(11-15-19)6-5-7-20(22)24-21(2,3)4;1-12-2-6-14(7-3-12)17-15-8-4-13(5-9-15)10-11-16;/h8-15H,5-7H2,1-4H3;2-9H,10-11,16H2,1H3;1H/p+1.